The van der Waals surface area contributed by atoms with E-state index in [9.17, 15) is 19.7 Å². The van der Waals surface area contributed by atoms with Gasteiger partial charge in [0.1, 0.15) is 5.56 Å². The number of nitrogens with two attached hydrogens (primary N) is 1. The second kappa shape index (κ2) is 4.37. The van der Waals surface area contributed by atoms with Crippen molar-refractivity contribution in [3.63, 3.8) is 0 Å². The van der Waals surface area contributed by atoms with Gasteiger partial charge in [-0.1, -0.05) is 12.1 Å². The van der Waals surface area contributed by atoms with Gasteiger partial charge in [-0.25, -0.2) is 4.79 Å². The number of rotatable bonds is 2. The fourth-order valence-corrected chi connectivity index (χ4v) is 1.95. The highest BCUT2D eigenvalue weighted by Crippen LogP contribution is 2.19. The number of para-hydroxylation sites is 1. The number of aromatic nitrogens is 2. The number of nitro groups is 1. The van der Waals surface area contributed by atoms with Crippen LogP contribution in [0.5, 0.6) is 0 Å². The smallest absolute Gasteiger partial charge is 0.367 e. The average Bonchev–Trinajstić information content (AvgIpc) is 2.67. The quantitative estimate of drug-likeness (QED) is 0.623. The summed E-state index contributed by atoms with van der Waals surface area (Å²) in [6.07, 6.45) is 0. The summed E-state index contributed by atoms with van der Waals surface area (Å²) >= 11 is 0.636. The van der Waals surface area contributed by atoms with Crippen molar-refractivity contribution >= 4 is 28.3 Å². The maximum atomic E-state index is 12.0. The van der Waals surface area contributed by atoms with E-state index in [1.807, 2.05) is 0 Å². The average molecular weight is 266 g/mol. The number of hydrogen-bond donors (Lipinski definition) is 1. The maximum absolute atomic E-state index is 12.0. The van der Waals surface area contributed by atoms with Crippen LogP contribution >= 0.6 is 11.5 Å². The summed E-state index contributed by atoms with van der Waals surface area (Å²) in [5, 5.41) is 10.7. The molecule has 1 heterocycles. The van der Waals surface area contributed by atoms with Gasteiger partial charge in [0.15, 0.2) is 0 Å². The van der Waals surface area contributed by atoms with Crippen molar-refractivity contribution in [2.24, 2.45) is 0 Å². The Morgan fingerprint density at radius 2 is 2.11 bits per heavy atom. The summed E-state index contributed by atoms with van der Waals surface area (Å²) in [7, 11) is 0. The van der Waals surface area contributed by atoms with E-state index in [-0.39, 0.29) is 16.4 Å². The van der Waals surface area contributed by atoms with Crippen LogP contribution in [0.15, 0.2) is 29.1 Å². The summed E-state index contributed by atoms with van der Waals surface area (Å²) in [5.74, 6) is -0.818. The first-order chi connectivity index (χ1) is 8.50. The van der Waals surface area contributed by atoms with Gasteiger partial charge in [0.2, 0.25) is 5.13 Å². The Balaban J connectivity index is 2.56. The van der Waals surface area contributed by atoms with Crippen LogP contribution in [-0.4, -0.2) is 19.8 Å². The molecule has 0 aliphatic rings. The minimum absolute atomic E-state index is 0.0769. The van der Waals surface area contributed by atoms with Gasteiger partial charge in [0, 0.05) is 6.07 Å². The highest BCUT2D eigenvalue weighted by Gasteiger charge is 2.23. The highest BCUT2D eigenvalue weighted by molar-refractivity contribution is 7.11. The molecule has 2 N–H and O–H groups in total. The summed E-state index contributed by atoms with van der Waals surface area (Å²) in [6.45, 7) is 0. The first-order valence-electron chi connectivity index (χ1n) is 4.64. The zero-order valence-electron chi connectivity index (χ0n) is 8.77. The Bertz CT molecular complexity index is 690. The number of carbonyl (C=O) groups is 1. The minimum atomic E-state index is -0.847. The van der Waals surface area contributed by atoms with Crippen molar-refractivity contribution in [3.05, 3.63) is 50.4 Å². The van der Waals surface area contributed by atoms with Crippen molar-refractivity contribution in [2.75, 3.05) is 5.73 Å². The number of nitrogen functional groups attached to an aromatic ring is 1. The third-order valence-electron chi connectivity index (χ3n) is 2.08. The van der Waals surface area contributed by atoms with Crippen molar-refractivity contribution in [3.8, 4) is 0 Å². The first kappa shape index (κ1) is 11.9. The summed E-state index contributed by atoms with van der Waals surface area (Å²) in [6, 6.07) is 5.35. The molecular weight excluding hydrogens is 260 g/mol. The number of hydrogen-bond acceptors (Lipinski definition) is 7. The van der Waals surface area contributed by atoms with Crippen LogP contribution in [0, 0.1) is 10.1 Å². The fourth-order valence-electron chi connectivity index (χ4n) is 1.34. The predicted octanol–water partition coefficient (Wildman–Crippen LogP) is 0.484. The molecule has 0 radical (unpaired) electrons. The van der Waals surface area contributed by atoms with Gasteiger partial charge >= 0.3 is 5.69 Å². The van der Waals surface area contributed by atoms with Crippen LogP contribution in [0.2, 0.25) is 0 Å². The summed E-state index contributed by atoms with van der Waals surface area (Å²) in [4.78, 5) is 36.7. The lowest BCUT2D eigenvalue weighted by atomic mass is 10.2. The first-order valence-corrected chi connectivity index (χ1v) is 5.42. The predicted molar refractivity (Wildman–Crippen MR) is 63.6 cm³/mol. The number of anilines is 1. The Hall–Kier alpha value is -2.55. The molecule has 1 aromatic carbocycles. The lowest BCUT2D eigenvalue weighted by Crippen LogP contribution is -2.23. The van der Waals surface area contributed by atoms with Crippen molar-refractivity contribution in [2.45, 2.75) is 0 Å². The molecule has 8 nitrogen and oxygen atoms in total. The normalized spacial score (nSPS) is 10.2. The molecule has 2 rings (SSSR count). The van der Waals surface area contributed by atoms with E-state index in [1.165, 1.54) is 24.3 Å². The molecule has 0 aliphatic carbocycles. The molecule has 2 aromatic rings. The van der Waals surface area contributed by atoms with Crippen LogP contribution < -0.4 is 11.4 Å². The molecule has 0 atom stereocenters. The van der Waals surface area contributed by atoms with Crippen molar-refractivity contribution < 1.29 is 9.72 Å². The summed E-state index contributed by atoms with van der Waals surface area (Å²) in [5.41, 5.74) is 3.89. The molecule has 0 unspecified atom stereocenters. The third kappa shape index (κ3) is 1.98. The Morgan fingerprint density at radius 1 is 1.44 bits per heavy atom. The fraction of sp³-hybridized carbons (Fsp3) is 0. The minimum Gasteiger partial charge on any atom is -0.374 e. The van der Waals surface area contributed by atoms with Crippen molar-refractivity contribution in [1.82, 2.24) is 8.94 Å². The molecule has 0 spiro atoms. The second-order valence-corrected chi connectivity index (χ2v) is 4.16. The van der Waals surface area contributed by atoms with E-state index in [0.717, 1.165) is 0 Å². The Morgan fingerprint density at radius 3 is 2.67 bits per heavy atom. The molecular formula is C9H6N4O4S. The van der Waals surface area contributed by atoms with Gasteiger partial charge in [-0.05, 0) is 17.6 Å². The van der Waals surface area contributed by atoms with E-state index >= 15 is 0 Å². The van der Waals surface area contributed by atoms with Gasteiger partial charge in [0.05, 0.1) is 4.92 Å². The summed E-state index contributed by atoms with van der Waals surface area (Å²) < 4.78 is 0.678. The number of benzene rings is 1. The van der Waals surface area contributed by atoms with Gasteiger partial charge < -0.3 is 5.73 Å². The zero-order valence-corrected chi connectivity index (χ0v) is 9.59. The number of nitrogens with zero attached hydrogens (tertiary/aromatic N) is 3. The van der Waals surface area contributed by atoms with E-state index in [1.54, 1.807) is 0 Å². The van der Waals surface area contributed by atoms with Crippen LogP contribution in [0.3, 0.4) is 0 Å². The van der Waals surface area contributed by atoms with Crippen LogP contribution in [0.1, 0.15) is 10.4 Å². The van der Waals surface area contributed by atoms with Gasteiger partial charge in [-0.3, -0.25) is 14.9 Å². The molecule has 0 saturated heterocycles. The van der Waals surface area contributed by atoms with Gasteiger partial charge in [-0.15, -0.1) is 0 Å². The SMILES string of the molecule is Nc1nc(=O)n(C(=O)c2ccccc2[N+](=O)[O-])s1. The second-order valence-electron chi connectivity index (χ2n) is 3.20. The molecule has 1 aromatic heterocycles. The molecule has 0 amide bonds. The van der Waals surface area contributed by atoms with Gasteiger partial charge in [0.25, 0.3) is 11.6 Å². The lowest BCUT2D eigenvalue weighted by molar-refractivity contribution is -0.385. The van der Waals surface area contributed by atoms with Gasteiger partial charge in [-0.2, -0.15) is 8.94 Å². The van der Waals surface area contributed by atoms with Crippen LogP contribution in [0.4, 0.5) is 10.8 Å². The van der Waals surface area contributed by atoms with E-state index in [0.29, 0.717) is 15.5 Å². The molecule has 0 fully saturated rings. The topological polar surface area (TPSA) is 121 Å². The number of carbonyl (C=O) groups excluding carboxylic acids is 1. The molecule has 92 valence electrons. The monoisotopic (exact) mass is 266 g/mol. The Labute approximate surface area is 104 Å². The largest absolute Gasteiger partial charge is 0.374 e. The standard InChI is InChI=1S/C9H6N4O4S/c10-8-11-9(15)12(18-8)7(14)5-3-1-2-4-6(5)13(16)17/h1-4H,(H2,10,11,15). The molecule has 0 saturated carbocycles. The van der Waals surface area contributed by atoms with Crippen LogP contribution in [0.25, 0.3) is 0 Å². The van der Waals surface area contributed by atoms with Crippen molar-refractivity contribution in [1.29, 1.82) is 0 Å². The van der Waals surface area contributed by atoms with E-state index < -0.39 is 16.5 Å². The number of nitro benzene ring substituents is 1. The van der Waals surface area contributed by atoms with E-state index in [2.05, 4.69) is 4.98 Å². The highest BCUT2D eigenvalue weighted by atomic mass is 32.1. The Kier molecular flexibility index (Phi) is 2.90. The zero-order chi connectivity index (χ0) is 13.3. The molecule has 0 bridgehead atoms. The lowest BCUT2D eigenvalue weighted by Gasteiger charge is -2.00. The molecule has 9 heteroatoms. The van der Waals surface area contributed by atoms with Crippen LogP contribution in [-0.2, 0) is 0 Å². The molecule has 18 heavy (non-hydrogen) atoms. The maximum Gasteiger partial charge on any atom is 0.367 e. The third-order valence-corrected chi connectivity index (χ3v) is 2.86. The van der Waals surface area contributed by atoms with E-state index in [4.69, 9.17) is 5.73 Å². The molecule has 0 aliphatic heterocycles.